The molecule has 0 bridgehead atoms. The van der Waals surface area contributed by atoms with E-state index in [0.29, 0.717) is 5.56 Å². The predicted molar refractivity (Wildman–Crippen MR) is 79.7 cm³/mol. The Kier molecular flexibility index (Phi) is 4.01. The highest BCUT2D eigenvalue weighted by Gasteiger charge is 2.21. The maximum Gasteiger partial charge on any atom is 0.335 e. The van der Waals surface area contributed by atoms with Gasteiger partial charge in [-0.25, -0.2) is 13.2 Å². The van der Waals surface area contributed by atoms with Gasteiger partial charge < -0.3 is 10.8 Å². The summed E-state index contributed by atoms with van der Waals surface area (Å²) < 4.78 is 25.0. The van der Waals surface area contributed by atoms with E-state index in [0.717, 1.165) is 0 Å². The van der Waals surface area contributed by atoms with Crippen LogP contribution in [0.15, 0.2) is 52.3 Å². The zero-order chi connectivity index (χ0) is 16.5. The highest BCUT2D eigenvalue weighted by atomic mass is 32.2. The van der Waals surface area contributed by atoms with Gasteiger partial charge in [0, 0.05) is 5.56 Å². The molecule has 0 radical (unpaired) electrons. The van der Waals surface area contributed by atoms with Gasteiger partial charge in [-0.3, -0.25) is 4.79 Å². The first-order valence-corrected chi connectivity index (χ1v) is 7.70. The van der Waals surface area contributed by atoms with Crippen LogP contribution in [0.25, 0.3) is 0 Å². The van der Waals surface area contributed by atoms with E-state index >= 15 is 0 Å². The number of nitrogen functional groups attached to an aromatic ring is 1. The summed E-state index contributed by atoms with van der Waals surface area (Å²) in [7, 11) is -3.88. The number of sulfone groups is 1. The van der Waals surface area contributed by atoms with Crippen molar-refractivity contribution in [2.45, 2.75) is 16.7 Å². The number of carboxylic acid groups (broad SMARTS) is 1. The van der Waals surface area contributed by atoms with Crippen molar-refractivity contribution in [1.82, 2.24) is 0 Å². The summed E-state index contributed by atoms with van der Waals surface area (Å²) in [6, 6.07) is 8.78. The molecule has 114 valence electrons. The molecule has 2 aromatic rings. The lowest BCUT2D eigenvalue weighted by Crippen LogP contribution is -2.07. The second-order valence-corrected chi connectivity index (χ2v) is 6.56. The van der Waals surface area contributed by atoms with Crippen molar-refractivity contribution in [1.29, 1.82) is 0 Å². The van der Waals surface area contributed by atoms with Crippen molar-refractivity contribution in [3.8, 4) is 0 Å². The average Bonchev–Trinajstić information content (AvgIpc) is 2.46. The standard InChI is InChI=1S/C15H13NO5S/c1-9(17)11-4-7-14(13(16)8-11)22(20,21)12-5-2-10(3-6-12)15(18)19/h2-8H,16H2,1H3,(H,18,19). The normalized spacial score (nSPS) is 11.1. The van der Waals surface area contributed by atoms with E-state index in [9.17, 15) is 18.0 Å². The van der Waals surface area contributed by atoms with Gasteiger partial charge in [0.05, 0.1) is 21.0 Å². The zero-order valence-corrected chi connectivity index (χ0v) is 12.4. The Hall–Kier alpha value is -2.67. The first-order valence-electron chi connectivity index (χ1n) is 6.22. The first-order chi connectivity index (χ1) is 10.2. The molecule has 0 fully saturated rings. The number of hydrogen-bond donors (Lipinski definition) is 2. The highest BCUT2D eigenvalue weighted by molar-refractivity contribution is 7.91. The van der Waals surface area contributed by atoms with E-state index < -0.39 is 15.8 Å². The lowest BCUT2D eigenvalue weighted by Gasteiger charge is -2.09. The zero-order valence-electron chi connectivity index (χ0n) is 11.6. The molecule has 0 unspecified atom stereocenters. The maximum absolute atomic E-state index is 12.5. The quantitative estimate of drug-likeness (QED) is 0.658. The summed E-state index contributed by atoms with van der Waals surface area (Å²) in [6.45, 7) is 1.35. The molecule has 0 aromatic heterocycles. The molecule has 6 nitrogen and oxygen atoms in total. The SMILES string of the molecule is CC(=O)c1ccc(S(=O)(=O)c2ccc(C(=O)O)cc2)c(N)c1. The molecule has 2 rings (SSSR count). The second-order valence-electron chi connectivity index (χ2n) is 4.64. The third-order valence-corrected chi connectivity index (χ3v) is 4.96. The van der Waals surface area contributed by atoms with Crippen molar-refractivity contribution in [3.05, 3.63) is 53.6 Å². The number of carbonyl (C=O) groups is 2. The number of benzene rings is 2. The third kappa shape index (κ3) is 2.84. The lowest BCUT2D eigenvalue weighted by atomic mass is 10.1. The van der Waals surface area contributed by atoms with Crippen LogP contribution in [0.3, 0.4) is 0 Å². The maximum atomic E-state index is 12.5. The van der Waals surface area contributed by atoms with Crippen LogP contribution < -0.4 is 5.73 Å². The fourth-order valence-corrected chi connectivity index (χ4v) is 3.28. The van der Waals surface area contributed by atoms with Crippen LogP contribution in [-0.2, 0) is 9.84 Å². The van der Waals surface area contributed by atoms with E-state index in [1.165, 1.54) is 49.4 Å². The average molecular weight is 319 g/mol. The predicted octanol–water partition coefficient (Wildman–Crippen LogP) is 2.00. The van der Waals surface area contributed by atoms with Crippen LogP contribution in [-0.4, -0.2) is 25.3 Å². The number of aromatic carboxylic acids is 1. The number of hydrogen-bond acceptors (Lipinski definition) is 5. The van der Waals surface area contributed by atoms with Crippen LogP contribution in [0.4, 0.5) is 5.69 Å². The third-order valence-electron chi connectivity index (χ3n) is 3.12. The Morgan fingerprint density at radius 1 is 1.00 bits per heavy atom. The van der Waals surface area contributed by atoms with Crippen LogP contribution in [0.1, 0.15) is 27.6 Å². The van der Waals surface area contributed by atoms with Gasteiger partial charge in [0.2, 0.25) is 9.84 Å². The lowest BCUT2D eigenvalue weighted by molar-refractivity contribution is 0.0696. The Morgan fingerprint density at radius 2 is 1.55 bits per heavy atom. The van der Waals surface area contributed by atoms with Crippen molar-refractivity contribution in [3.63, 3.8) is 0 Å². The van der Waals surface area contributed by atoms with Gasteiger partial charge in [-0.2, -0.15) is 0 Å². The number of anilines is 1. The van der Waals surface area contributed by atoms with Gasteiger partial charge in [0.25, 0.3) is 0 Å². The summed E-state index contributed by atoms with van der Waals surface area (Å²) in [5.41, 5.74) is 6.01. The van der Waals surface area contributed by atoms with Crippen molar-refractivity contribution >= 4 is 27.3 Å². The molecule has 0 atom stereocenters. The first kappa shape index (κ1) is 15.7. The Morgan fingerprint density at radius 3 is 2.00 bits per heavy atom. The fourth-order valence-electron chi connectivity index (χ4n) is 1.92. The van der Waals surface area contributed by atoms with Gasteiger partial charge in [0.1, 0.15) is 0 Å². The van der Waals surface area contributed by atoms with Crippen LogP contribution in [0.2, 0.25) is 0 Å². The fraction of sp³-hybridized carbons (Fsp3) is 0.0667. The number of carboxylic acids is 1. The Balaban J connectivity index is 2.50. The summed E-state index contributed by atoms with van der Waals surface area (Å²) in [6.07, 6.45) is 0. The molecule has 0 amide bonds. The Labute approximate surface area is 127 Å². The minimum Gasteiger partial charge on any atom is -0.478 e. The van der Waals surface area contributed by atoms with Gasteiger partial charge >= 0.3 is 5.97 Å². The number of carbonyl (C=O) groups excluding carboxylic acids is 1. The molecule has 0 spiro atoms. The van der Waals surface area contributed by atoms with Gasteiger partial charge in [-0.15, -0.1) is 0 Å². The smallest absolute Gasteiger partial charge is 0.335 e. The number of Topliss-reactive ketones (excluding diaryl/α,β-unsaturated/α-hetero) is 1. The molecule has 0 aliphatic carbocycles. The molecule has 0 saturated heterocycles. The number of rotatable bonds is 4. The second kappa shape index (κ2) is 5.61. The molecule has 0 aliphatic heterocycles. The monoisotopic (exact) mass is 319 g/mol. The summed E-state index contributed by atoms with van der Waals surface area (Å²) in [4.78, 5) is 21.9. The van der Waals surface area contributed by atoms with Crippen molar-refractivity contribution in [2.24, 2.45) is 0 Å². The Bertz CT molecular complexity index is 854. The van der Waals surface area contributed by atoms with Gasteiger partial charge in [-0.1, -0.05) is 0 Å². The topological polar surface area (TPSA) is 115 Å². The highest BCUT2D eigenvalue weighted by Crippen LogP contribution is 2.27. The van der Waals surface area contributed by atoms with Gasteiger partial charge in [0.15, 0.2) is 5.78 Å². The summed E-state index contributed by atoms with van der Waals surface area (Å²) in [5.74, 6) is -1.37. The number of ketones is 1. The molecular formula is C15H13NO5S. The summed E-state index contributed by atoms with van der Waals surface area (Å²) >= 11 is 0. The van der Waals surface area contributed by atoms with E-state index in [1.54, 1.807) is 0 Å². The van der Waals surface area contributed by atoms with Crippen LogP contribution in [0, 0.1) is 0 Å². The van der Waals surface area contributed by atoms with E-state index in [1.807, 2.05) is 0 Å². The van der Waals surface area contributed by atoms with Crippen molar-refractivity contribution in [2.75, 3.05) is 5.73 Å². The molecular weight excluding hydrogens is 306 g/mol. The molecule has 0 heterocycles. The van der Waals surface area contributed by atoms with E-state index in [2.05, 4.69) is 0 Å². The minimum atomic E-state index is -3.88. The van der Waals surface area contributed by atoms with Crippen LogP contribution in [0.5, 0.6) is 0 Å². The van der Waals surface area contributed by atoms with E-state index in [-0.39, 0.29) is 26.8 Å². The summed E-state index contributed by atoms with van der Waals surface area (Å²) in [5, 5.41) is 8.82. The molecule has 7 heteroatoms. The van der Waals surface area contributed by atoms with Crippen LogP contribution >= 0.6 is 0 Å². The minimum absolute atomic E-state index is 0.0150. The molecule has 3 N–H and O–H groups in total. The van der Waals surface area contributed by atoms with Crippen molar-refractivity contribution < 1.29 is 23.1 Å². The largest absolute Gasteiger partial charge is 0.478 e. The molecule has 22 heavy (non-hydrogen) atoms. The number of nitrogens with two attached hydrogens (primary N) is 1. The van der Waals surface area contributed by atoms with Gasteiger partial charge in [-0.05, 0) is 49.4 Å². The molecule has 0 aliphatic rings. The molecule has 2 aromatic carbocycles. The van der Waals surface area contributed by atoms with E-state index in [4.69, 9.17) is 10.8 Å². The molecule has 0 saturated carbocycles.